The number of halogens is 1. The number of carboxylic acid groups (broad SMARTS) is 1. The van der Waals surface area contributed by atoms with Crippen LogP contribution in [-0.2, 0) is 4.79 Å². The molecule has 25 heavy (non-hydrogen) atoms. The van der Waals surface area contributed by atoms with Crippen molar-refractivity contribution in [2.24, 2.45) is 0 Å². The Morgan fingerprint density at radius 1 is 1.12 bits per heavy atom. The molecule has 0 bridgehead atoms. The largest absolute Gasteiger partial charge is 0.480 e. The molecule has 1 N–H and O–H groups in total. The zero-order valence-electron chi connectivity index (χ0n) is 14.3. The van der Waals surface area contributed by atoms with Gasteiger partial charge in [-0.25, -0.2) is 4.39 Å². The van der Waals surface area contributed by atoms with Crippen molar-refractivity contribution in [3.8, 4) is 0 Å². The average molecular weight is 342 g/mol. The molecule has 0 aromatic heterocycles. The minimum absolute atomic E-state index is 0.0382. The zero-order valence-corrected chi connectivity index (χ0v) is 14.3. The molecule has 132 valence electrons. The topological polar surface area (TPSA) is 43.8 Å². The van der Waals surface area contributed by atoms with Crippen molar-refractivity contribution in [3.05, 3.63) is 71.5 Å². The third-order valence-electron chi connectivity index (χ3n) is 4.80. The van der Waals surface area contributed by atoms with E-state index in [1.165, 1.54) is 12.1 Å². The molecule has 2 atom stereocenters. The lowest BCUT2D eigenvalue weighted by Crippen LogP contribution is -2.54. The molecule has 4 nitrogen and oxygen atoms in total. The van der Waals surface area contributed by atoms with E-state index in [0.29, 0.717) is 6.54 Å². The predicted molar refractivity (Wildman–Crippen MR) is 94.9 cm³/mol. The van der Waals surface area contributed by atoms with Gasteiger partial charge < -0.3 is 5.11 Å². The van der Waals surface area contributed by atoms with Crippen LogP contribution in [0.1, 0.15) is 24.1 Å². The maximum absolute atomic E-state index is 13.4. The Bertz CT molecular complexity index is 705. The minimum Gasteiger partial charge on any atom is -0.480 e. The number of carboxylic acids is 1. The fraction of sp³-hybridized carbons (Fsp3) is 0.350. The van der Waals surface area contributed by atoms with Crippen molar-refractivity contribution in [2.75, 3.05) is 26.2 Å². The Morgan fingerprint density at radius 2 is 1.76 bits per heavy atom. The number of nitrogens with zero attached hydrogens (tertiary/aromatic N) is 2. The summed E-state index contributed by atoms with van der Waals surface area (Å²) < 4.78 is 13.4. The number of rotatable bonds is 5. The first-order chi connectivity index (χ1) is 12.0. The Morgan fingerprint density at radius 3 is 2.36 bits per heavy atom. The van der Waals surface area contributed by atoms with Crippen molar-refractivity contribution in [1.29, 1.82) is 0 Å². The van der Waals surface area contributed by atoms with E-state index in [-0.39, 0.29) is 24.4 Å². The summed E-state index contributed by atoms with van der Waals surface area (Å²) in [4.78, 5) is 15.4. The number of hydrogen-bond acceptors (Lipinski definition) is 3. The number of carbonyl (C=O) groups is 1. The van der Waals surface area contributed by atoms with Crippen LogP contribution < -0.4 is 0 Å². The fourth-order valence-electron chi connectivity index (χ4n) is 3.56. The standard InChI is InChI=1S/C20H23FN2O2/c1-15-13-23(12-11-22(15)14-19(24)25)20(16-5-3-2-4-6-16)17-7-9-18(21)10-8-17/h2-10,15,20H,11-14H2,1H3,(H,24,25)/t15-,20+/m0/s1. The Kier molecular flexibility index (Phi) is 5.46. The minimum atomic E-state index is -0.793. The van der Waals surface area contributed by atoms with Crippen LogP contribution in [0.15, 0.2) is 54.6 Å². The molecule has 2 aromatic rings. The van der Waals surface area contributed by atoms with Crippen LogP contribution in [0.2, 0.25) is 0 Å². The molecule has 0 aliphatic carbocycles. The zero-order chi connectivity index (χ0) is 17.8. The molecular formula is C20H23FN2O2. The summed E-state index contributed by atoms with van der Waals surface area (Å²) in [5.74, 6) is -1.03. The van der Waals surface area contributed by atoms with Crippen molar-refractivity contribution in [1.82, 2.24) is 9.80 Å². The lowest BCUT2D eigenvalue weighted by Gasteiger charge is -2.43. The third-order valence-corrected chi connectivity index (χ3v) is 4.80. The second kappa shape index (κ2) is 7.76. The second-order valence-corrected chi connectivity index (χ2v) is 6.57. The molecule has 2 aromatic carbocycles. The first kappa shape index (κ1) is 17.6. The van der Waals surface area contributed by atoms with Gasteiger partial charge >= 0.3 is 5.97 Å². The van der Waals surface area contributed by atoms with Gasteiger partial charge in [-0.2, -0.15) is 0 Å². The van der Waals surface area contributed by atoms with E-state index in [9.17, 15) is 9.18 Å². The molecule has 0 radical (unpaired) electrons. The van der Waals surface area contributed by atoms with Crippen LogP contribution >= 0.6 is 0 Å². The number of piperazine rings is 1. The lowest BCUT2D eigenvalue weighted by molar-refractivity contribution is -0.139. The van der Waals surface area contributed by atoms with Crippen molar-refractivity contribution >= 4 is 5.97 Å². The van der Waals surface area contributed by atoms with Crippen LogP contribution in [-0.4, -0.2) is 53.1 Å². The summed E-state index contributed by atoms with van der Waals surface area (Å²) in [6, 6.07) is 17.0. The number of benzene rings is 2. The average Bonchev–Trinajstić information content (AvgIpc) is 2.60. The first-order valence-electron chi connectivity index (χ1n) is 8.55. The smallest absolute Gasteiger partial charge is 0.317 e. The van der Waals surface area contributed by atoms with Crippen LogP contribution in [0, 0.1) is 5.82 Å². The summed E-state index contributed by atoms with van der Waals surface area (Å²) in [7, 11) is 0. The van der Waals surface area contributed by atoms with Gasteiger partial charge in [0.25, 0.3) is 0 Å². The Labute approximate surface area is 147 Å². The molecule has 0 saturated carbocycles. The van der Waals surface area contributed by atoms with Crippen LogP contribution in [0.5, 0.6) is 0 Å². The van der Waals surface area contributed by atoms with Crippen molar-refractivity contribution in [2.45, 2.75) is 19.0 Å². The van der Waals surface area contributed by atoms with Gasteiger partial charge in [0.2, 0.25) is 0 Å². The van der Waals surface area contributed by atoms with Crippen LogP contribution in [0.25, 0.3) is 0 Å². The molecule has 1 heterocycles. The maximum atomic E-state index is 13.4. The fourth-order valence-corrected chi connectivity index (χ4v) is 3.56. The van der Waals surface area contributed by atoms with E-state index in [0.717, 1.165) is 24.2 Å². The summed E-state index contributed by atoms with van der Waals surface area (Å²) in [5, 5.41) is 9.05. The molecule has 1 saturated heterocycles. The number of hydrogen-bond donors (Lipinski definition) is 1. The lowest BCUT2D eigenvalue weighted by atomic mass is 9.95. The third kappa shape index (κ3) is 4.24. The summed E-state index contributed by atoms with van der Waals surface area (Å²) >= 11 is 0. The van der Waals surface area contributed by atoms with Gasteiger partial charge in [-0.1, -0.05) is 42.5 Å². The van der Waals surface area contributed by atoms with Gasteiger partial charge in [-0.15, -0.1) is 0 Å². The van der Waals surface area contributed by atoms with Gasteiger partial charge in [0.15, 0.2) is 0 Å². The molecule has 0 spiro atoms. The van der Waals surface area contributed by atoms with Crippen LogP contribution in [0.4, 0.5) is 4.39 Å². The van der Waals surface area contributed by atoms with E-state index in [2.05, 4.69) is 24.0 Å². The molecule has 1 aliphatic heterocycles. The Balaban J connectivity index is 1.86. The summed E-state index contributed by atoms with van der Waals surface area (Å²) in [6.07, 6.45) is 0. The Hall–Kier alpha value is -2.24. The predicted octanol–water partition coefficient (Wildman–Crippen LogP) is 3.01. The summed E-state index contributed by atoms with van der Waals surface area (Å²) in [6.45, 7) is 4.38. The van der Waals surface area contributed by atoms with E-state index in [4.69, 9.17) is 5.11 Å². The van der Waals surface area contributed by atoms with E-state index in [1.54, 1.807) is 0 Å². The highest BCUT2D eigenvalue weighted by molar-refractivity contribution is 5.69. The highest BCUT2D eigenvalue weighted by atomic mass is 19.1. The number of aliphatic carboxylic acids is 1. The van der Waals surface area contributed by atoms with E-state index < -0.39 is 5.97 Å². The highest BCUT2D eigenvalue weighted by Gasteiger charge is 2.30. The van der Waals surface area contributed by atoms with Gasteiger partial charge in [-0.05, 0) is 30.2 Å². The second-order valence-electron chi connectivity index (χ2n) is 6.57. The van der Waals surface area contributed by atoms with E-state index in [1.807, 2.05) is 35.2 Å². The van der Waals surface area contributed by atoms with Gasteiger partial charge in [0.05, 0.1) is 12.6 Å². The normalized spacial score (nSPS) is 20.3. The molecule has 0 amide bonds. The van der Waals surface area contributed by atoms with Gasteiger partial charge in [0.1, 0.15) is 5.82 Å². The van der Waals surface area contributed by atoms with Gasteiger partial charge in [0, 0.05) is 25.7 Å². The molecule has 3 rings (SSSR count). The van der Waals surface area contributed by atoms with E-state index >= 15 is 0 Å². The molecule has 1 fully saturated rings. The SMILES string of the molecule is C[C@H]1CN([C@H](c2ccccc2)c2ccc(F)cc2)CCN1CC(=O)O. The first-order valence-corrected chi connectivity index (χ1v) is 8.55. The van der Waals surface area contributed by atoms with Gasteiger partial charge in [-0.3, -0.25) is 14.6 Å². The molecule has 0 unspecified atom stereocenters. The van der Waals surface area contributed by atoms with Crippen molar-refractivity contribution in [3.63, 3.8) is 0 Å². The van der Waals surface area contributed by atoms with Crippen LogP contribution in [0.3, 0.4) is 0 Å². The molecular weight excluding hydrogens is 319 g/mol. The highest BCUT2D eigenvalue weighted by Crippen LogP contribution is 2.30. The monoisotopic (exact) mass is 342 g/mol. The summed E-state index contributed by atoms with van der Waals surface area (Å²) in [5.41, 5.74) is 2.21. The quantitative estimate of drug-likeness (QED) is 0.907. The maximum Gasteiger partial charge on any atom is 0.317 e. The van der Waals surface area contributed by atoms with Crippen molar-refractivity contribution < 1.29 is 14.3 Å². The molecule has 1 aliphatic rings. The molecule has 5 heteroatoms.